The molecular weight excluding hydrogens is 164 g/mol. The number of pyridine rings is 1. The minimum Gasteiger partial charge on any atom is -0.308 e. The Morgan fingerprint density at radius 1 is 1.46 bits per heavy atom. The molecular formula is C9H12N4. The molecule has 2 rings (SSSR count). The van der Waals surface area contributed by atoms with E-state index >= 15 is 0 Å². The quantitative estimate of drug-likeness (QED) is 0.298. The van der Waals surface area contributed by atoms with E-state index in [1.807, 2.05) is 12.1 Å². The van der Waals surface area contributed by atoms with Gasteiger partial charge in [-0.05, 0) is 25.0 Å². The molecule has 68 valence electrons. The van der Waals surface area contributed by atoms with E-state index in [-0.39, 0.29) is 0 Å². The predicted molar refractivity (Wildman–Crippen MR) is 51.1 cm³/mol. The maximum atomic E-state index is 5.38. The maximum absolute atomic E-state index is 5.38. The lowest BCUT2D eigenvalue weighted by atomic mass is 10.2. The van der Waals surface area contributed by atoms with Gasteiger partial charge >= 0.3 is 0 Å². The Kier molecular flexibility index (Phi) is 2.23. The third-order valence-electron chi connectivity index (χ3n) is 1.95. The standard InChI is InChI=1S/C9H12N4/c10-13-9(12-8-1-2-8)7-3-5-11-6-4-7/h3-6,8H,1-2,10H2,(H,12,13). The summed E-state index contributed by atoms with van der Waals surface area (Å²) < 4.78 is 0. The van der Waals surface area contributed by atoms with Crippen LogP contribution in [0.25, 0.3) is 0 Å². The predicted octanol–water partition coefficient (Wildman–Crippen LogP) is 0.454. The van der Waals surface area contributed by atoms with Crippen LogP contribution < -0.4 is 11.3 Å². The molecule has 0 atom stereocenters. The molecule has 0 saturated heterocycles. The number of aromatic nitrogens is 1. The highest BCUT2D eigenvalue weighted by Crippen LogP contribution is 2.23. The van der Waals surface area contributed by atoms with Gasteiger partial charge in [0, 0.05) is 18.0 Å². The highest BCUT2D eigenvalue weighted by Gasteiger charge is 2.21. The molecule has 1 aromatic heterocycles. The topological polar surface area (TPSA) is 63.3 Å². The van der Waals surface area contributed by atoms with Gasteiger partial charge in [-0.1, -0.05) is 0 Å². The van der Waals surface area contributed by atoms with Gasteiger partial charge in [-0.3, -0.25) is 9.98 Å². The first-order chi connectivity index (χ1) is 6.40. The summed E-state index contributed by atoms with van der Waals surface area (Å²) in [6.07, 6.45) is 5.82. The molecule has 3 N–H and O–H groups in total. The first-order valence-corrected chi connectivity index (χ1v) is 4.35. The molecule has 0 amide bonds. The number of nitrogens with one attached hydrogen (secondary N) is 1. The fourth-order valence-corrected chi connectivity index (χ4v) is 1.09. The second-order valence-electron chi connectivity index (χ2n) is 3.09. The van der Waals surface area contributed by atoms with E-state index in [9.17, 15) is 0 Å². The summed E-state index contributed by atoms with van der Waals surface area (Å²) in [5.74, 6) is 6.13. The summed E-state index contributed by atoms with van der Waals surface area (Å²) in [4.78, 5) is 8.36. The molecule has 4 nitrogen and oxygen atoms in total. The number of hydrogen-bond acceptors (Lipinski definition) is 3. The summed E-state index contributed by atoms with van der Waals surface area (Å²) in [6.45, 7) is 0. The van der Waals surface area contributed by atoms with Crippen molar-refractivity contribution in [3.63, 3.8) is 0 Å². The van der Waals surface area contributed by atoms with Crippen molar-refractivity contribution in [2.45, 2.75) is 18.9 Å². The smallest absolute Gasteiger partial charge is 0.142 e. The zero-order chi connectivity index (χ0) is 9.10. The molecule has 1 heterocycles. The van der Waals surface area contributed by atoms with Crippen LogP contribution in [0.15, 0.2) is 29.5 Å². The Morgan fingerprint density at radius 3 is 2.69 bits per heavy atom. The van der Waals surface area contributed by atoms with Gasteiger partial charge in [-0.2, -0.15) is 0 Å². The molecule has 0 aromatic carbocycles. The van der Waals surface area contributed by atoms with Crippen molar-refractivity contribution in [3.8, 4) is 0 Å². The van der Waals surface area contributed by atoms with Crippen LogP contribution in [0.5, 0.6) is 0 Å². The third-order valence-corrected chi connectivity index (χ3v) is 1.95. The van der Waals surface area contributed by atoms with Crippen molar-refractivity contribution >= 4 is 5.84 Å². The lowest BCUT2D eigenvalue weighted by Crippen LogP contribution is -2.31. The molecule has 0 bridgehead atoms. The van der Waals surface area contributed by atoms with Crippen LogP contribution in [0, 0.1) is 0 Å². The van der Waals surface area contributed by atoms with Crippen LogP contribution in [-0.4, -0.2) is 16.9 Å². The van der Waals surface area contributed by atoms with Crippen molar-refractivity contribution in [3.05, 3.63) is 30.1 Å². The molecule has 1 aromatic rings. The molecule has 1 saturated carbocycles. The average Bonchev–Trinajstić information content (AvgIpc) is 2.99. The summed E-state index contributed by atoms with van der Waals surface area (Å²) in [6, 6.07) is 4.25. The Hall–Kier alpha value is -1.42. The fraction of sp³-hybridized carbons (Fsp3) is 0.333. The third kappa shape index (κ3) is 2.03. The van der Waals surface area contributed by atoms with Crippen LogP contribution in [0.4, 0.5) is 0 Å². The minimum absolute atomic E-state index is 0.471. The van der Waals surface area contributed by atoms with Gasteiger partial charge in [-0.25, -0.2) is 5.84 Å². The van der Waals surface area contributed by atoms with Gasteiger partial charge in [-0.15, -0.1) is 0 Å². The second-order valence-corrected chi connectivity index (χ2v) is 3.09. The number of nitrogens with two attached hydrogens (primary N) is 1. The number of amidine groups is 1. The molecule has 1 aliphatic carbocycles. The zero-order valence-electron chi connectivity index (χ0n) is 7.27. The summed E-state index contributed by atoms with van der Waals surface area (Å²) >= 11 is 0. The Balaban J connectivity index is 2.21. The minimum atomic E-state index is 0.471. The van der Waals surface area contributed by atoms with Gasteiger partial charge in [0.15, 0.2) is 0 Å². The summed E-state index contributed by atoms with van der Waals surface area (Å²) in [5, 5.41) is 0. The van der Waals surface area contributed by atoms with Crippen LogP contribution in [0.2, 0.25) is 0 Å². The number of aliphatic imine (C=N–C) groups is 1. The van der Waals surface area contributed by atoms with E-state index < -0.39 is 0 Å². The van der Waals surface area contributed by atoms with E-state index in [0.717, 1.165) is 11.4 Å². The Bertz CT molecular complexity index is 303. The van der Waals surface area contributed by atoms with Gasteiger partial charge in [0.05, 0.1) is 6.04 Å². The normalized spacial score (nSPS) is 17.2. The summed E-state index contributed by atoms with van der Waals surface area (Å²) in [5.41, 5.74) is 3.60. The Morgan fingerprint density at radius 2 is 2.15 bits per heavy atom. The van der Waals surface area contributed by atoms with E-state index in [4.69, 9.17) is 5.84 Å². The van der Waals surface area contributed by atoms with Crippen molar-refractivity contribution in [1.29, 1.82) is 0 Å². The lowest BCUT2D eigenvalue weighted by Gasteiger charge is -2.04. The summed E-state index contributed by atoms with van der Waals surface area (Å²) in [7, 11) is 0. The van der Waals surface area contributed by atoms with E-state index in [1.54, 1.807) is 12.4 Å². The molecule has 13 heavy (non-hydrogen) atoms. The van der Waals surface area contributed by atoms with Crippen molar-refractivity contribution in [2.75, 3.05) is 0 Å². The molecule has 1 fully saturated rings. The number of hydrogen-bond donors (Lipinski definition) is 2. The zero-order valence-corrected chi connectivity index (χ0v) is 7.27. The molecule has 0 unspecified atom stereocenters. The second kappa shape index (κ2) is 3.53. The number of rotatable bonds is 2. The monoisotopic (exact) mass is 176 g/mol. The van der Waals surface area contributed by atoms with E-state index in [2.05, 4.69) is 15.4 Å². The maximum Gasteiger partial charge on any atom is 0.142 e. The SMILES string of the molecule is NNC(=NC1CC1)c1ccncc1. The van der Waals surface area contributed by atoms with Gasteiger partial charge in [0.1, 0.15) is 5.84 Å². The van der Waals surface area contributed by atoms with Crippen LogP contribution in [0.3, 0.4) is 0 Å². The largest absolute Gasteiger partial charge is 0.308 e. The fourth-order valence-electron chi connectivity index (χ4n) is 1.09. The molecule has 0 spiro atoms. The first-order valence-electron chi connectivity index (χ1n) is 4.35. The van der Waals surface area contributed by atoms with Crippen molar-refractivity contribution in [2.24, 2.45) is 10.8 Å². The van der Waals surface area contributed by atoms with Gasteiger partial charge in [0.25, 0.3) is 0 Å². The van der Waals surface area contributed by atoms with Crippen molar-refractivity contribution < 1.29 is 0 Å². The molecule has 1 aliphatic rings. The Labute approximate surface area is 76.9 Å². The van der Waals surface area contributed by atoms with E-state index in [1.165, 1.54) is 12.8 Å². The highest BCUT2D eigenvalue weighted by molar-refractivity contribution is 5.98. The highest BCUT2D eigenvalue weighted by atomic mass is 15.3. The lowest BCUT2D eigenvalue weighted by molar-refractivity contribution is 0.970. The number of hydrazine groups is 1. The molecule has 4 heteroatoms. The van der Waals surface area contributed by atoms with Gasteiger partial charge in [0.2, 0.25) is 0 Å². The van der Waals surface area contributed by atoms with Gasteiger partial charge < -0.3 is 5.43 Å². The van der Waals surface area contributed by atoms with Crippen LogP contribution in [-0.2, 0) is 0 Å². The van der Waals surface area contributed by atoms with Crippen molar-refractivity contribution in [1.82, 2.24) is 10.4 Å². The number of nitrogens with zero attached hydrogens (tertiary/aromatic N) is 2. The average molecular weight is 176 g/mol. The molecule has 0 aliphatic heterocycles. The van der Waals surface area contributed by atoms with Crippen LogP contribution >= 0.6 is 0 Å². The molecule has 0 radical (unpaired) electrons. The van der Waals surface area contributed by atoms with E-state index in [0.29, 0.717) is 6.04 Å². The van der Waals surface area contributed by atoms with Crippen LogP contribution in [0.1, 0.15) is 18.4 Å². The first kappa shape index (κ1) is 8.19.